The second-order valence-corrected chi connectivity index (χ2v) is 11.0. The number of hydrogen-bond donors (Lipinski definition) is 1. The predicted molar refractivity (Wildman–Crippen MR) is 173 cm³/mol. The van der Waals surface area contributed by atoms with Crippen LogP contribution in [0.5, 0.6) is 23.1 Å². The number of carbonyl (C=O) groups excluding carboxylic acids is 1. The fourth-order valence-electron chi connectivity index (χ4n) is 6.11. The number of amides is 1. The van der Waals surface area contributed by atoms with Gasteiger partial charge >= 0.3 is 0 Å². The molecular formula is C36H31N5O5. The van der Waals surface area contributed by atoms with Crippen LogP contribution in [0.3, 0.4) is 0 Å². The summed E-state index contributed by atoms with van der Waals surface area (Å²) in [5.41, 5.74) is 9.37. The van der Waals surface area contributed by atoms with Crippen molar-refractivity contribution in [3.8, 4) is 28.8 Å². The van der Waals surface area contributed by atoms with Crippen LogP contribution in [0, 0.1) is 0 Å². The van der Waals surface area contributed by atoms with Crippen LogP contribution < -0.4 is 25.5 Å². The lowest BCUT2D eigenvalue weighted by atomic mass is 9.87. The van der Waals surface area contributed by atoms with Crippen molar-refractivity contribution in [3.05, 3.63) is 136 Å². The van der Waals surface area contributed by atoms with E-state index in [1.165, 1.54) is 6.33 Å². The summed E-state index contributed by atoms with van der Waals surface area (Å²) in [5.74, 6) is 1.12. The average Bonchev–Trinajstić information content (AvgIpc) is 3.40. The minimum Gasteiger partial charge on any atom is -0.493 e. The molecule has 0 bridgehead atoms. The molecule has 1 unspecified atom stereocenters. The van der Waals surface area contributed by atoms with Gasteiger partial charge in [-0.3, -0.25) is 14.3 Å². The molecule has 10 heteroatoms. The molecule has 1 atom stereocenters. The third-order valence-electron chi connectivity index (χ3n) is 8.24. The minimum absolute atomic E-state index is 0.0300. The summed E-state index contributed by atoms with van der Waals surface area (Å²) in [6, 6.07) is 30.4. The molecule has 46 heavy (non-hydrogen) atoms. The third kappa shape index (κ3) is 5.34. The molecule has 10 nitrogen and oxygen atoms in total. The second kappa shape index (κ2) is 12.2. The van der Waals surface area contributed by atoms with Crippen molar-refractivity contribution < 1.29 is 19.0 Å². The van der Waals surface area contributed by atoms with E-state index >= 15 is 0 Å². The highest BCUT2D eigenvalue weighted by Crippen LogP contribution is 2.38. The van der Waals surface area contributed by atoms with Crippen LogP contribution in [0.15, 0.2) is 108 Å². The molecule has 0 aliphatic carbocycles. The van der Waals surface area contributed by atoms with Crippen LogP contribution >= 0.6 is 0 Å². The van der Waals surface area contributed by atoms with Crippen LogP contribution in [-0.2, 0) is 13.2 Å². The van der Waals surface area contributed by atoms with E-state index in [0.29, 0.717) is 58.6 Å². The van der Waals surface area contributed by atoms with Crippen LogP contribution in [0.4, 0.5) is 0 Å². The number of primary amides is 1. The van der Waals surface area contributed by atoms with Crippen molar-refractivity contribution in [2.24, 2.45) is 5.73 Å². The predicted octanol–water partition coefficient (Wildman–Crippen LogP) is 5.99. The quantitative estimate of drug-likeness (QED) is 0.213. The third-order valence-corrected chi connectivity index (χ3v) is 8.24. The molecule has 0 saturated carbocycles. The highest BCUT2D eigenvalue weighted by molar-refractivity contribution is 5.94. The second-order valence-electron chi connectivity index (χ2n) is 11.0. The fraction of sp³-hybridized carbons (Fsp3) is 0.167. The van der Waals surface area contributed by atoms with Crippen molar-refractivity contribution in [1.82, 2.24) is 19.3 Å². The summed E-state index contributed by atoms with van der Waals surface area (Å²) in [6.07, 6.45) is 3.05. The first-order valence-corrected chi connectivity index (χ1v) is 15.0. The normalized spacial score (nSPS) is 14.1. The average molecular weight is 614 g/mol. The topological polar surface area (TPSA) is 123 Å². The summed E-state index contributed by atoms with van der Waals surface area (Å²) < 4.78 is 21.4. The lowest BCUT2D eigenvalue weighted by Crippen LogP contribution is -2.26. The number of aromatic nitrogens is 4. The molecule has 3 heterocycles. The monoisotopic (exact) mass is 613 g/mol. The van der Waals surface area contributed by atoms with Gasteiger partial charge in [0.05, 0.1) is 29.4 Å². The van der Waals surface area contributed by atoms with Gasteiger partial charge in [0.1, 0.15) is 24.2 Å². The van der Waals surface area contributed by atoms with Gasteiger partial charge in [-0.1, -0.05) is 60.7 Å². The zero-order chi connectivity index (χ0) is 31.6. The highest BCUT2D eigenvalue weighted by atomic mass is 16.5. The number of para-hydroxylation sites is 1. The van der Waals surface area contributed by atoms with Crippen molar-refractivity contribution in [2.75, 3.05) is 7.11 Å². The fourth-order valence-corrected chi connectivity index (χ4v) is 6.11. The van der Waals surface area contributed by atoms with E-state index in [-0.39, 0.29) is 11.5 Å². The van der Waals surface area contributed by atoms with E-state index in [1.54, 1.807) is 11.8 Å². The number of ether oxygens (including phenoxy) is 3. The molecule has 1 aliphatic heterocycles. The van der Waals surface area contributed by atoms with E-state index < -0.39 is 11.5 Å². The van der Waals surface area contributed by atoms with Gasteiger partial charge < -0.3 is 19.9 Å². The van der Waals surface area contributed by atoms with Crippen molar-refractivity contribution >= 4 is 16.8 Å². The maximum atomic E-state index is 13.5. The van der Waals surface area contributed by atoms with Crippen molar-refractivity contribution in [2.45, 2.75) is 31.9 Å². The van der Waals surface area contributed by atoms with Gasteiger partial charge in [-0.15, -0.1) is 0 Å². The molecule has 1 aliphatic rings. The van der Waals surface area contributed by atoms with E-state index in [4.69, 9.17) is 19.9 Å². The molecule has 7 rings (SSSR count). The summed E-state index contributed by atoms with van der Waals surface area (Å²) >= 11 is 0. The number of benzene rings is 4. The first-order valence-electron chi connectivity index (χ1n) is 15.0. The molecule has 1 amide bonds. The number of carbonyl (C=O) groups is 1. The zero-order valence-corrected chi connectivity index (χ0v) is 25.1. The van der Waals surface area contributed by atoms with Crippen LogP contribution in [0.2, 0.25) is 0 Å². The Morgan fingerprint density at radius 3 is 2.39 bits per heavy atom. The first-order chi connectivity index (χ1) is 22.5. The number of hydrogen-bond acceptors (Lipinski definition) is 7. The van der Waals surface area contributed by atoms with Gasteiger partial charge in [-0.05, 0) is 54.3 Å². The lowest BCUT2D eigenvalue weighted by Gasteiger charge is -2.27. The molecule has 6 aromatic rings. The van der Waals surface area contributed by atoms with Crippen LogP contribution in [0.1, 0.15) is 45.9 Å². The van der Waals surface area contributed by atoms with Gasteiger partial charge in [-0.25, -0.2) is 14.6 Å². The largest absolute Gasteiger partial charge is 0.493 e. The Balaban J connectivity index is 1.17. The number of fused-ring (bicyclic) bond motifs is 2. The van der Waals surface area contributed by atoms with Gasteiger partial charge in [0.2, 0.25) is 5.88 Å². The Morgan fingerprint density at radius 1 is 0.935 bits per heavy atom. The molecule has 0 spiro atoms. The molecule has 0 fully saturated rings. The molecular weight excluding hydrogens is 582 g/mol. The van der Waals surface area contributed by atoms with Gasteiger partial charge in [0.25, 0.3) is 11.5 Å². The van der Waals surface area contributed by atoms with Crippen molar-refractivity contribution in [1.29, 1.82) is 0 Å². The van der Waals surface area contributed by atoms with Gasteiger partial charge in [-0.2, -0.15) is 0 Å². The Bertz CT molecular complexity index is 2090. The smallest absolute Gasteiger partial charge is 0.284 e. The van der Waals surface area contributed by atoms with Gasteiger partial charge in [0, 0.05) is 18.5 Å². The minimum atomic E-state index is -0.727. The Labute approximate surface area is 264 Å². The maximum absolute atomic E-state index is 13.5. The van der Waals surface area contributed by atoms with Crippen LogP contribution in [0.25, 0.3) is 16.6 Å². The van der Waals surface area contributed by atoms with Crippen LogP contribution in [-0.4, -0.2) is 32.3 Å². The Hall–Kier alpha value is -5.90. The number of nitrogens with zero attached hydrogens (tertiary/aromatic N) is 4. The summed E-state index contributed by atoms with van der Waals surface area (Å²) in [6.45, 7) is 0.992. The SMILES string of the molecule is COc1cc2c(Oc3ccc(C4CCCn5c4c(C(N)=O)c(=O)n5-c4ccccc4)cc3)ncnc2cc1OCc1ccccc1. The number of rotatable bonds is 9. The number of nitrogens with two attached hydrogens (primary N) is 1. The number of methoxy groups -OCH3 is 1. The maximum Gasteiger partial charge on any atom is 0.284 e. The summed E-state index contributed by atoms with van der Waals surface area (Å²) in [5, 5.41) is 0.667. The lowest BCUT2D eigenvalue weighted by molar-refractivity contribution is 0.0997. The Morgan fingerprint density at radius 2 is 1.67 bits per heavy atom. The molecule has 4 aromatic carbocycles. The highest BCUT2D eigenvalue weighted by Gasteiger charge is 2.33. The molecule has 230 valence electrons. The molecule has 2 N–H and O–H groups in total. The van der Waals surface area contributed by atoms with Crippen molar-refractivity contribution in [3.63, 3.8) is 0 Å². The van der Waals surface area contributed by atoms with Gasteiger partial charge in [0.15, 0.2) is 11.5 Å². The Kier molecular flexibility index (Phi) is 7.67. The summed E-state index contributed by atoms with van der Waals surface area (Å²) in [4.78, 5) is 34.9. The molecule has 2 aromatic heterocycles. The zero-order valence-electron chi connectivity index (χ0n) is 25.1. The van der Waals surface area contributed by atoms with E-state index in [1.807, 2.05) is 102 Å². The first kappa shape index (κ1) is 28.8. The summed E-state index contributed by atoms with van der Waals surface area (Å²) in [7, 11) is 1.59. The van der Waals surface area contributed by atoms with E-state index in [9.17, 15) is 9.59 Å². The molecule has 0 saturated heterocycles. The van der Waals surface area contributed by atoms with E-state index in [2.05, 4.69) is 9.97 Å². The van der Waals surface area contributed by atoms with E-state index in [0.717, 1.165) is 24.0 Å². The standard InChI is InChI=1S/C36H31N5O5/c1-44-30-19-28-29(20-31(30)45-21-23-9-4-2-5-10-23)38-22-39-35(28)46-26-16-14-24(15-17-26)27-13-8-18-40-33(27)32(34(37)42)36(43)41(40)25-11-6-3-7-12-25/h2-7,9-12,14-17,19-20,22,27H,8,13,18,21H2,1H3,(H2,37,42). The molecule has 0 radical (unpaired) electrons.